The molecule has 1 aliphatic rings. The predicted octanol–water partition coefficient (Wildman–Crippen LogP) is 2.65. The van der Waals surface area contributed by atoms with Gasteiger partial charge in [-0.3, -0.25) is 9.78 Å². The number of pyridine rings is 1. The van der Waals surface area contributed by atoms with Crippen molar-refractivity contribution in [2.24, 2.45) is 0 Å². The third-order valence-electron chi connectivity index (χ3n) is 3.92. The van der Waals surface area contributed by atoms with Gasteiger partial charge < -0.3 is 10.0 Å². The van der Waals surface area contributed by atoms with E-state index >= 15 is 0 Å². The van der Waals surface area contributed by atoms with Crippen LogP contribution in [0.4, 0.5) is 14.5 Å². The van der Waals surface area contributed by atoms with Crippen LogP contribution in [0, 0.1) is 11.3 Å². The monoisotopic (exact) mass is 329 g/mol. The number of carbonyl (C=O) groups excluding carboxylic acids is 1. The van der Waals surface area contributed by atoms with Crippen molar-refractivity contribution < 1.29 is 18.7 Å². The van der Waals surface area contributed by atoms with Crippen LogP contribution in [0.1, 0.15) is 35.4 Å². The Balaban J connectivity index is 2.04. The Labute approximate surface area is 136 Å². The largest absolute Gasteiger partial charge is 0.389 e. The first kappa shape index (κ1) is 16.0. The van der Waals surface area contributed by atoms with Gasteiger partial charge in [-0.2, -0.15) is 14.0 Å². The lowest BCUT2D eigenvalue weighted by molar-refractivity contribution is -0.141. The molecule has 24 heavy (non-hydrogen) atoms. The molecule has 1 aromatic carbocycles. The molecule has 1 amide bonds. The molecule has 0 fully saturated rings. The van der Waals surface area contributed by atoms with Gasteiger partial charge in [0.25, 0.3) is 0 Å². The summed E-state index contributed by atoms with van der Waals surface area (Å²) >= 11 is 0. The number of fused-ring (bicyclic) bond motifs is 1. The van der Waals surface area contributed by atoms with Crippen molar-refractivity contribution in [2.75, 3.05) is 4.90 Å². The van der Waals surface area contributed by atoms with Gasteiger partial charge >= 0.3 is 11.8 Å². The van der Waals surface area contributed by atoms with Crippen LogP contribution in [0.5, 0.6) is 0 Å². The number of nitriles is 1. The van der Waals surface area contributed by atoms with Gasteiger partial charge in [-0.25, -0.2) is 0 Å². The highest BCUT2D eigenvalue weighted by Crippen LogP contribution is 2.47. The zero-order valence-corrected chi connectivity index (χ0v) is 12.7. The van der Waals surface area contributed by atoms with Crippen LogP contribution in [0.3, 0.4) is 0 Å². The average Bonchev–Trinajstić information content (AvgIpc) is 2.76. The Hall–Kier alpha value is -2.85. The highest BCUT2D eigenvalue weighted by molar-refractivity contribution is 6.06. The molecule has 2 aromatic rings. The molecule has 1 aliphatic heterocycles. The first-order valence-electron chi connectivity index (χ1n) is 7.22. The molecule has 0 aliphatic carbocycles. The molecule has 7 heteroatoms. The SMILES string of the molecule is C[C@H](O)c1cccc2c1C(F)(F)C(=O)N2Cc1ccc(C#N)cn1. The van der Waals surface area contributed by atoms with Crippen LogP contribution >= 0.6 is 0 Å². The van der Waals surface area contributed by atoms with Crippen molar-refractivity contribution in [1.82, 2.24) is 4.98 Å². The van der Waals surface area contributed by atoms with E-state index in [1.807, 2.05) is 6.07 Å². The van der Waals surface area contributed by atoms with Crippen LogP contribution in [0.25, 0.3) is 0 Å². The maximum absolute atomic E-state index is 14.5. The van der Waals surface area contributed by atoms with E-state index in [-0.39, 0.29) is 17.8 Å². The Morgan fingerprint density at radius 3 is 2.71 bits per heavy atom. The Bertz CT molecular complexity index is 842. The molecular formula is C17H13F2N3O2. The number of anilines is 1. The molecule has 0 saturated heterocycles. The van der Waals surface area contributed by atoms with Crippen LogP contribution < -0.4 is 4.90 Å². The minimum Gasteiger partial charge on any atom is -0.389 e. The average molecular weight is 329 g/mol. The van der Waals surface area contributed by atoms with Gasteiger partial charge in [0.15, 0.2) is 0 Å². The number of aliphatic hydroxyl groups is 1. The highest BCUT2D eigenvalue weighted by Gasteiger charge is 2.54. The minimum absolute atomic E-state index is 0.0288. The highest BCUT2D eigenvalue weighted by atomic mass is 19.3. The van der Waals surface area contributed by atoms with Crippen LogP contribution in [-0.2, 0) is 17.3 Å². The molecule has 0 unspecified atom stereocenters. The maximum atomic E-state index is 14.5. The third-order valence-corrected chi connectivity index (χ3v) is 3.92. The Morgan fingerprint density at radius 1 is 1.38 bits per heavy atom. The molecule has 0 spiro atoms. The number of rotatable bonds is 3. The van der Waals surface area contributed by atoms with E-state index in [1.165, 1.54) is 43.5 Å². The van der Waals surface area contributed by atoms with Crippen LogP contribution in [0.15, 0.2) is 36.5 Å². The fourth-order valence-corrected chi connectivity index (χ4v) is 2.76. The lowest BCUT2D eigenvalue weighted by Crippen LogP contribution is -2.34. The van der Waals surface area contributed by atoms with Crippen molar-refractivity contribution in [1.29, 1.82) is 5.26 Å². The number of hydrogen-bond acceptors (Lipinski definition) is 4. The summed E-state index contributed by atoms with van der Waals surface area (Å²) in [6, 6.07) is 9.26. The van der Waals surface area contributed by atoms with E-state index in [2.05, 4.69) is 4.98 Å². The lowest BCUT2D eigenvalue weighted by Gasteiger charge is -2.17. The van der Waals surface area contributed by atoms with E-state index < -0.39 is 23.5 Å². The zero-order valence-electron chi connectivity index (χ0n) is 12.7. The van der Waals surface area contributed by atoms with Gasteiger partial charge in [0, 0.05) is 6.20 Å². The Morgan fingerprint density at radius 2 is 2.12 bits per heavy atom. The molecule has 2 heterocycles. The second kappa shape index (κ2) is 5.65. The molecule has 1 atom stereocenters. The molecule has 1 aromatic heterocycles. The van der Waals surface area contributed by atoms with Crippen molar-refractivity contribution >= 4 is 11.6 Å². The second-order valence-electron chi connectivity index (χ2n) is 5.53. The maximum Gasteiger partial charge on any atom is 0.352 e. The third kappa shape index (κ3) is 2.41. The summed E-state index contributed by atoms with van der Waals surface area (Å²) in [7, 11) is 0. The number of benzene rings is 1. The molecule has 0 saturated carbocycles. The first-order valence-corrected chi connectivity index (χ1v) is 7.22. The summed E-state index contributed by atoms with van der Waals surface area (Å²) in [4.78, 5) is 17.2. The van der Waals surface area contributed by atoms with Gasteiger partial charge in [0.2, 0.25) is 0 Å². The summed E-state index contributed by atoms with van der Waals surface area (Å²) in [5, 5.41) is 18.5. The number of aliphatic hydroxyl groups excluding tert-OH is 1. The fourth-order valence-electron chi connectivity index (χ4n) is 2.76. The zero-order chi connectivity index (χ0) is 17.5. The quantitative estimate of drug-likeness (QED) is 0.939. The van der Waals surface area contributed by atoms with Crippen LogP contribution in [-0.4, -0.2) is 16.0 Å². The summed E-state index contributed by atoms with van der Waals surface area (Å²) in [5.41, 5.74) is 0.358. The summed E-state index contributed by atoms with van der Waals surface area (Å²) < 4.78 is 28.9. The summed E-state index contributed by atoms with van der Waals surface area (Å²) in [6.07, 6.45) is 0.202. The second-order valence-corrected chi connectivity index (χ2v) is 5.53. The molecule has 5 nitrogen and oxygen atoms in total. The smallest absolute Gasteiger partial charge is 0.352 e. The molecule has 0 radical (unpaired) electrons. The number of hydrogen-bond donors (Lipinski definition) is 1. The normalized spacial score (nSPS) is 16.6. The van der Waals surface area contributed by atoms with Crippen molar-refractivity contribution in [3.05, 3.63) is 58.9 Å². The standard InChI is InChI=1S/C17H13F2N3O2/c1-10(23)13-3-2-4-14-15(13)17(18,19)16(24)22(14)9-12-6-5-11(7-20)8-21-12/h2-6,8,10,23H,9H2,1H3/t10-/m0/s1. The summed E-state index contributed by atoms with van der Waals surface area (Å²) in [6.45, 7) is 1.23. The van der Waals surface area contributed by atoms with Crippen molar-refractivity contribution in [2.45, 2.75) is 25.5 Å². The molecular weight excluding hydrogens is 316 g/mol. The van der Waals surface area contributed by atoms with Crippen molar-refractivity contribution in [3.63, 3.8) is 0 Å². The van der Waals surface area contributed by atoms with E-state index in [1.54, 1.807) is 0 Å². The first-order chi connectivity index (χ1) is 11.4. The topological polar surface area (TPSA) is 77.2 Å². The van der Waals surface area contributed by atoms with Gasteiger partial charge in [-0.05, 0) is 30.7 Å². The number of amides is 1. The van der Waals surface area contributed by atoms with Gasteiger partial charge in [-0.1, -0.05) is 12.1 Å². The van der Waals surface area contributed by atoms with Gasteiger partial charge in [0.1, 0.15) is 6.07 Å². The fraction of sp³-hybridized carbons (Fsp3) is 0.235. The number of carbonyl (C=O) groups is 1. The summed E-state index contributed by atoms with van der Waals surface area (Å²) in [5.74, 6) is -5.05. The predicted molar refractivity (Wildman–Crippen MR) is 81.1 cm³/mol. The Kier molecular flexibility index (Phi) is 3.78. The van der Waals surface area contributed by atoms with E-state index in [4.69, 9.17) is 5.26 Å². The number of halogens is 2. The van der Waals surface area contributed by atoms with E-state index in [0.29, 0.717) is 11.3 Å². The molecule has 3 rings (SSSR count). The lowest BCUT2D eigenvalue weighted by atomic mass is 9.98. The van der Waals surface area contributed by atoms with E-state index in [9.17, 15) is 18.7 Å². The number of nitrogens with zero attached hydrogens (tertiary/aromatic N) is 3. The molecule has 122 valence electrons. The van der Waals surface area contributed by atoms with E-state index in [0.717, 1.165) is 4.90 Å². The molecule has 1 N–H and O–H groups in total. The number of aromatic nitrogens is 1. The molecule has 0 bridgehead atoms. The van der Waals surface area contributed by atoms with Crippen LogP contribution in [0.2, 0.25) is 0 Å². The minimum atomic E-state index is -3.70. The van der Waals surface area contributed by atoms with Gasteiger partial charge in [0.05, 0.1) is 35.2 Å². The van der Waals surface area contributed by atoms with Gasteiger partial charge in [-0.15, -0.1) is 0 Å². The number of alkyl halides is 2. The van der Waals surface area contributed by atoms with Crippen molar-refractivity contribution in [3.8, 4) is 6.07 Å².